The molecule has 6 aromatic rings. The van der Waals surface area contributed by atoms with E-state index < -0.39 is 6.10 Å². The van der Waals surface area contributed by atoms with Crippen molar-refractivity contribution >= 4 is 82.7 Å². The first kappa shape index (κ1) is 40.6. The molecule has 1 aliphatic heterocycles. The third kappa shape index (κ3) is 8.88. The van der Waals surface area contributed by atoms with Crippen molar-refractivity contribution in [3.05, 3.63) is 140 Å². The summed E-state index contributed by atoms with van der Waals surface area (Å²) in [5, 5.41) is 30.3. The molecule has 1 aliphatic carbocycles. The van der Waals surface area contributed by atoms with Gasteiger partial charge in [-0.3, -0.25) is 14.4 Å². The number of nitrogens with one attached hydrogen (secondary N) is 2. The van der Waals surface area contributed by atoms with Crippen molar-refractivity contribution in [2.24, 2.45) is 0 Å². The first-order chi connectivity index (χ1) is 29.1. The van der Waals surface area contributed by atoms with Crippen LogP contribution < -0.4 is 25.5 Å². The molecule has 2 aliphatic rings. The second-order valence-electron chi connectivity index (χ2n) is 14.4. The van der Waals surface area contributed by atoms with Crippen LogP contribution in [0.2, 0.25) is 0 Å². The molecular formula is C47H39Br2N3O8. The van der Waals surface area contributed by atoms with Crippen LogP contribution in [0.25, 0.3) is 55.2 Å². The zero-order valence-corrected chi connectivity index (χ0v) is 35.3. The maximum atomic E-state index is 13.2. The van der Waals surface area contributed by atoms with E-state index in [-0.39, 0.29) is 22.8 Å². The van der Waals surface area contributed by atoms with Crippen LogP contribution in [-0.2, 0) is 11.3 Å². The van der Waals surface area contributed by atoms with Crippen LogP contribution >= 0.6 is 31.9 Å². The average molecular weight is 934 g/mol. The number of rotatable bonds is 16. The van der Waals surface area contributed by atoms with Gasteiger partial charge in [0.2, 0.25) is 0 Å². The van der Waals surface area contributed by atoms with Gasteiger partial charge in [-0.15, -0.1) is 0 Å². The maximum Gasteiger partial charge on any atom is 0.298 e. The molecule has 0 saturated heterocycles. The molecule has 0 spiro atoms. The SMILES string of the molecule is O=COc1cc(C(=O)NCCCCCOc2cccc(NCC(O)Cn3c4ccc(Br)cc4c4cc(Br)ccc43)c2)ccc1-c1c2ccc(=O)cc-2oc2cc(O)ccc12. The van der Waals surface area contributed by atoms with Gasteiger partial charge in [-0.1, -0.05) is 37.9 Å². The number of hydrogen-bond donors (Lipinski definition) is 4. The lowest BCUT2D eigenvalue weighted by atomic mass is 9.92. The molecule has 1 amide bonds. The van der Waals surface area contributed by atoms with Gasteiger partial charge in [-0.25, -0.2) is 0 Å². The molecule has 5 aromatic carbocycles. The fourth-order valence-electron chi connectivity index (χ4n) is 7.52. The van der Waals surface area contributed by atoms with Gasteiger partial charge in [0.1, 0.15) is 28.6 Å². The largest absolute Gasteiger partial charge is 0.508 e. The maximum absolute atomic E-state index is 13.2. The van der Waals surface area contributed by atoms with E-state index in [1.807, 2.05) is 36.4 Å². The number of amides is 1. The third-order valence-corrected chi connectivity index (χ3v) is 11.3. The van der Waals surface area contributed by atoms with Gasteiger partial charge < -0.3 is 39.3 Å². The molecule has 0 saturated carbocycles. The Morgan fingerprint density at radius 3 is 2.35 bits per heavy atom. The second-order valence-corrected chi connectivity index (χ2v) is 16.2. The quantitative estimate of drug-likeness (QED) is 0.0422. The van der Waals surface area contributed by atoms with E-state index in [2.05, 4.69) is 71.3 Å². The molecule has 1 unspecified atom stereocenters. The number of phenols is 1. The smallest absolute Gasteiger partial charge is 0.298 e. The summed E-state index contributed by atoms with van der Waals surface area (Å²) in [6.45, 7) is 2.01. The Balaban J connectivity index is 0.820. The van der Waals surface area contributed by atoms with E-state index >= 15 is 0 Å². The number of halogens is 2. The number of carbonyl (C=O) groups excluding carboxylic acids is 2. The van der Waals surface area contributed by atoms with Crippen LogP contribution in [0.3, 0.4) is 0 Å². The van der Waals surface area contributed by atoms with Gasteiger partial charge in [-0.2, -0.15) is 0 Å². The molecule has 1 atom stereocenters. The number of aliphatic hydroxyl groups is 1. The van der Waals surface area contributed by atoms with Crippen LogP contribution in [0.4, 0.5) is 5.69 Å². The Hall–Kier alpha value is -6.15. The van der Waals surface area contributed by atoms with Crippen LogP contribution in [-0.4, -0.2) is 53.0 Å². The Kier molecular flexibility index (Phi) is 12.2. The molecule has 11 nitrogen and oxygen atoms in total. The summed E-state index contributed by atoms with van der Waals surface area (Å²) in [7, 11) is 0. The molecule has 4 N–H and O–H groups in total. The zero-order chi connectivity index (χ0) is 41.8. The third-order valence-electron chi connectivity index (χ3n) is 10.3. The van der Waals surface area contributed by atoms with E-state index in [0.717, 1.165) is 61.5 Å². The second kappa shape index (κ2) is 18.0. The number of carbonyl (C=O) groups is 2. The number of phenolic OH excluding ortho intramolecular Hbond substituents is 1. The van der Waals surface area contributed by atoms with E-state index in [9.17, 15) is 24.6 Å². The normalized spacial score (nSPS) is 11.9. The minimum atomic E-state index is -0.647. The molecule has 13 heteroatoms. The monoisotopic (exact) mass is 931 g/mol. The van der Waals surface area contributed by atoms with E-state index in [1.165, 1.54) is 30.3 Å². The summed E-state index contributed by atoms with van der Waals surface area (Å²) in [6.07, 6.45) is 1.68. The number of aromatic hydroxyl groups is 1. The van der Waals surface area contributed by atoms with Crippen molar-refractivity contribution in [2.75, 3.05) is 25.0 Å². The Morgan fingerprint density at radius 2 is 1.58 bits per heavy atom. The van der Waals surface area contributed by atoms with Gasteiger partial charge in [-0.05, 0) is 110 Å². The highest BCUT2D eigenvalue weighted by Gasteiger charge is 2.22. The number of benzene rings is 6. The number of nitrogens with zero attached hydrogens (tertiary/aromatic N) is 1. The molecule has 2 heterocycles. The molecule has 8 rings (SSSR count). The van der Waals surface area contributed by atoms with Crippen LogP contribution in [0, 0.1) is 0 Å². The standard InChI is InChI=1S/C47H39Br2N3O8/c48-29-8-15-41-39(20-29)40-21-30(49)9-16-42(40)52(41)26-34(56)25-51-31-5-4-6-35(22-31)58-18-3-1-2-17-50-47(57)28-7-12-36(43(19-28)59-27-53)46-37-13-10-32(54)23-44(37)60-45-24-33(55)11-14-38(45)46/h4-16,19-24,27,34,51,54,56H,1-3,17-18,25-26H2,(H,50,57). The molecule has 0 bridgehead atoms. The zero-order valence-electron chi connectivity index (χ0n) is 32.1. The Morgan fingerprint density at radius 1 is 0.817 bits per heavy atom. The minimum Gasteiger partial charge on any atom is -0.508 e. The number of ether oxygens (including phenoxy) is 2. The fourth-order valence-corrected chi connectivity index (χ4v) is 8.24. The Labute approximate surface area is 361 Å². The van der Waals surface area contributed by atoms with Gasteiger partial charge >= 0.3 is 0 Å². The highest BCUT2D eigenvalue weighted by Crippen LogP contribution is 2.44. The molecule has 0 fully saturated rings. The lowest BCUT2D eigenvalue weighted by Gasteiger charge is -2.17. The van der Waals surface area contributed by atoms with E-state index in [1.54, 1.807) is 24.3 Å². The average Bonchev–Trinajstić information content (AvgIpc) is 3.52. The fraction of sp³-hybridized carbons (Fsp3) is 0.170. The van der Waals surface area contributed by atoms with Crippen molar-refractivity contribution in [1.82, 2.24) is 9.88 Å². The summed E-state index contributed by atoms with van der Waals surface area (Å²) < 4.78 is 21.5. The van der Waals surface area contributed by atoms with Gasteiger partial charge in [0.05, 0.1) is 19.3 Å². The van der Waals surface area contributed by atoms with E-state index in [0.29, 0.717) is 71.7 Å². The van der Waals surface area contributed by atoms with Crippen molar-refractivity contribution in [1.29, 1.82) is 0 Å². The minimum absolute atomic E-state index is 0.0129. The summed E-state index contributed by atoms with van der Waals surface area (Å²) >= 11 is 7.18. The van der Waals surface area contributed by atoms with Crippen LogP contribution in [0.15, 0.2) is 133 Å². The van der Waals surface area contributed by atoms with Gasteiger partial charge in [0.25, 0.3) is 12.4 Å². The number of aromatic nitrogens is 1. The molecule has 304 valence electrons. The highest BCUT2D eigenvalue weighted by atomic mass is 79.9. The molecule has 0 radical (unpaired) electrons. The number of unbranched alkanes of at least 4 members (excludes halogenated alkanes) is 2. The summed E-state index contributed by atoms with van der Waals surface area (Å²) in [5.74, 6) is 0.837. The van der Waals surface area contributed by atoms with Crippen molar-refractivity contribution < 1.29 is 33.7 Å². The van der Waals surface area contributed by atoms with E-state index in [4.69, 9.17) is 13.9 Å². The molecule has 1 aromatic heterocycles. The summed E-state index contributed by atoms with van der Waals surface area (Å²) in [6, 6.07) is 34.0. The van der Waals surface area contributed by atoms with Crippen molar-refractivity contribution in [3.63, 3.8) is 0 Å². The first-order valence-electron chi connectivity index (χ1n) is 19.4. The van der Waals surface area contributed by atoms with Crippen molar-refractivity contribution in [2.45, 2.75) is 31.9 Å². The number of hydrogen-bond acceptors (Lipinski definition) is 9. The predicted molar refractivity (Wildman–Crippen MR) is 240 cm³/mol. The highest BCUT2D eigenvalue weighted by molar-refractivity contribution is 9.10. The number of fused-ring (bicyclic) bond motifs is 5. The predicted octanol–water partition coefficient (Wildman–Crippen LogP) is 9.89. The van der Waals surface area contributed by atoms with Crippen LogP contribution in [0.1, 0.15) is 29.6 Å². The molecular weight excluding hydrogens is 894 g/mol. The Bertz CT molecular complexity index is 2850. The van der Waals surface area contributed by atoms with Crippen LogP contribution in [0.5, 0.6) is 17.2 Å². The number of aliphatic hydroxyl groups excluding tert-OH is 1. The van der Waals surface area contributed by atoms with Crippen molar-refractivity contribution in [3.8, 4) is 39.7 Å². The molecule has 60 heavy (non-hydrogen) atoms. The topological polar surface area (TPSA) is 152 Å². The summed E-state index contributed by atoms with van der Waals surface area (Å²) in [4.78, 5) is 36.9. The summed E-state index contributed by atoms with van der Waals surface area (Å²) in [5.41, 5.74) is 5.08. The number of anilines is 1. The lowest BCUT2D eigenvalue weighted by molar-refractivity contribution is -0.120. The first-order valence-corrected chi connectivity index (χ1v) is 21.0. The lowest BCUT2D eigenvalue weighted by Crippen LogP contribution is -2.24. The van der Waals surface area contributed by atoms with Gasteiger partial charge in [0, 0.05) is 95.4 Å². The van der Waals surface area contributed by atoms with Gasteiger partial charge in [0.15, 0.2) is 5.43 Å².